The largest absolute Gasteiger partial charge is 0.465 e. The number of aromatic nitrogens is 3. The van der Waals surface area contributed by atoms with Crippen LogP contribution in [0.5, 0.6) is 0 Å². The Balaban J connectivity index is 2.01. The van der Waals surface area contributed by atoms with Gasteiger partial charge in [-0.2, -0.15) is 0 Å². The van der Waals surface area contributed by atoms with E-state index in [0.29, 0.717) is 24.5 Å². The number of imidazole rings is 1. The van der Waals surface area contributed by atoms with Gasteiger partial charge in [0.25, 0.3) is 0 Å². The maximum absolute atomic E-state index is 11.5. The molecule has 0 saturated heterocycles. The maximum Gasteiger partial charge on any atom is 0.404 e. The van der Waals surface area contributed by atoms with Gasteiger partial charge >= 0.3 is 6.09 Å². The van der Waals surface area contributed by atoms with E-state index in [4.69, 9.17) is 10.5 Å². The number of fused-ring (bicyclic) bond motifs is 5. The van der Waals surface area contributed by atoms with E-state index in [1.165, 1.54) is 0 Å². The molecule has 0 fully saturated rings. The first-order chi connectivity index (χ1) is 12.8. The Hall–Kier alpha value is -2.87. The first kappa shape index (κ1) is 17.5. The van der Waals surface area contributed by atoms with E-state index in [9.17, 15) is 9.90 Å². The SMILES string of the molecule is CC(C)(C)C(NC(=O)O)[C@H]1COCc2nc3c(N)nc4ccccc4c3n21. The summed E-state index contributed by atoms with van der Waals surface area (Å²) in [6.07, 6.45) is -1.06. The van der Waals surface area contributed by atoms with Crippen molar-refractivity contribution >= 4 is 33.8 Å². The van der Waals surface area contributed by atoms with Gasteiger partial charge in [0.1, 0.15) is 17.9 Å². The fraction of sp³-hybridized carbons (Fsp3) is 0.421. The zero-order chi connectivity index (χ0) is 19.3. The second-order valence-electron chi connectivity index (χ2n) is 7.99. The molecule has 1 amide bonds. The Labute approximate surface area is 156 Å². The molecule has 0 bridgehead atoms. The number of para-hydroxylation sites is 1. The van der Waals surface area contributed by atoms with Crippen LogP contribution in [0.15, 0.2) is 24.3 Å². The summed E-state index contributed by atoms with van der Waals surface area (Å²) in [7, 11) is 0. The van der Waals surface area contributed by atoms with Crippen molar-refractivity contribution in [3.05, 3.63) is 30.1 Å². The molecule has 2 aromatic heterocycles. The van der Waals surface area contributed by atoms with E-state index in [1.807, 2.05) is 45.0 Å². The van der Waals surface area contributed by atoms with E-state index in [0.717, 1.165) is 22.2 Å². The molecule has 1 aliphatic heterocycles. The lowest BCUT2D eigenvalue weighted by Crippen LogP contribution is -2.51. The molecule has 2 atom stereocenters. The average Bonchev–Trinajstić information content (AvgIpc) is 2.99. The topological polar surface area (TPSA) is 115 Å². The minimum atomic E-state index is -1.06. The van der Waals surface area contributed by atoms with Gasteiger partial charge in [-0.15, -0.1) is 0 Å². The number of pyridine rings is 1. The number of nitrogen functional groups attached to an aromatic ring is 1. The van der Waals surface area contributed by atoms with Crippen molar-refractivity contribution in [1.29, 1.82) is 0 Å². The lowest BCUT2D eigenvalue weighted by molar-refractivity contribution is 0.0255. The second kappa shape index (κ2) is 6.09. The van der Waals surface area contributed by atoms with Gasteiger partial charge in [-0.3, -0.25) is 0 Å². The van der Waals surface area contributed by atoms with Crippen molar-refractivity contribution in [1.82, 2.24) is 19.9 Å². The standard InChI is InChI=1S/C19H23N5O3/c1-19(2,3)16(23-18(25)26)12-8-27-9-13-22-14-15(24(12)13)10-6-4-5-7-11(10)21-17(14)20/h4-7,12,16,23H,8-9H2,1-3H3,(H2,20,21)(H,25,26)/t12-,16?/m1/s1. The Morgan fingerprint density at radius 2 is 2.11 bits per heavy atom. The zero-order valence-corrected chi connectivity index (χ0v) is 15.6. The molecule has 3 heterocycles. The highest BCUT2D eigenvalue weighted by Crippen LogP contribution is 2.38. The highest BCUT2D eigenvalue weighted by Gasteiger charge is 2.39. The van der Waals surface area contributed by atoms with Gasteiger partial charge in [-0.1, -0.05) is 39.0 Å². The highest BCUT2D eigenvalue weighted by atomic mass is 16.5. The first-order valence-electron chi connectivity index (χ1n) is 8.89. The average molecular weight is 369 g/mol. The van der Waals surface area contributed by atoms with Crippen molar-refractivity contribution in [3.8, 4) is 0 Å². The molecule has 1 unspecified atom stereocenters. The second-order valence-corrected chi connectivity index (χ2v) is 7.99. The van der Waals surface area contributed by atoms with Crippen LogP contribution in [-0.4, -0.2) is 38.4 Å². The molecule has 0 spiro atoms. The maximum atomic E-state index is 11.5. The molecule has 4 N–H and O–H groups in total. The van der Waals surface area contributed by atoms with Crippen LogP contribution in [0.25, 0.3) is 21.9 Å². The van der Waals surface area contributed by atoms with Crippen LogP contribution in [0.3, 0.4) is 0 Å². The minimum absolute atomic E-state index is 0.250. The van der Waals surface area contributed by atoms with Crippen molar-refractivity contribution in [2.45, 2.75) is 39.5 Å². The van der Waals surface area contributed by atoms with E-state index < -0.39 is 6.09 Å². The summed E-state index contributed by atoms with van der Waals surface area (Å²) in [5.41, 5.74) is 8.15. The number of hydrogen-bond donors (Lipinski definition) is 3. The fourth-order valence-corrected chi connectivity index (χ4v) is 3.94. The Morgan fingerprint density at radius 1 is 1.37 bits per heavy atom. The van der Waals surface area contributed by atoms with Gasteiger partial charge < -0.3 is 25.5 Å². The number of anilines is 1. The van der Waals surface area contributed by atoms with Crippen molar-refractivity contribution in [2.75, 3.05) is 12.3 Å². The summed E-state index contributed by atoms with van der Waals surface area (Å²) in [6.45, 7) is 6.76. The predicted octanol–water partition coefficient (Wildman–Crippen LogP) is 2.92. The molecule has 3 aromatic rings. The normalized spacial score (nSPS) is 18.4. The zero-order valence-electron chi connectivity index (χ0n) is 15.6. The number of nitrogens with one attached hydrogen (secondary N) is 1. The van der Waals surface area contributed by atoms with Crippen LogP contribution in [0.4, 0.5) is 10.6 Å². The smallest absolute Gasteiger partial charge is 0.404 e. The number of carbonyl (C=O) groups is 1. The summed E-state index contributed by atoms with van der Waals surface area (Å²) in [6, 6.07) is 7.14. The number of rotatable bonds is 2. The molecule has 0 radical (unpaired) electrons. The molecule has 8 nitrogen and oxygen atoms in total. The van der Waals surface area contributed by atoms with Gasteiger partial charge in [-0.05, 0) is 11.5 Å². The van der Waals surface area contributed by atoms with Gasteiger partial charge in [0.2, 0.25) is 0 Å². The van der Waals surface area contributed by atoms with Crippen LogP contribution in [-0.2, 0) is 11.3 Å². The van der Waals surface area contributed by atoms with Crippen LogP contribution in [0.1, 0.15) is 32.6 Å². The number of carboxylic acid groups (broad SMARTS) is 1. The lowest BCUT2D eigenvalue weighted by atomic mass is 9.82. The summed E-state index contributed by atoms with van der Waals surface area (Å²) in [4.78, 5) is 20.6. The monoisotopic (exact) mass is 369 g/mol. The third-order valence-corrected chi connectivity index (χ3v) is 5.08. The number of nitrogens with zero attached hydrogens (tertiary/aromatic N) is 3. The van der Waals surface area contributed by atoms with Gasteiger partial charge in [0.05, 0.1) is 29.7 Å². The molecule has 4 rings (SSSR count). The van der Waals surface area contributed by atoms with Gasteiger partial charge in [-0.25, -0.2) is 14.8 Å². The van der Waals surface area contributed by atoms with Crippen molar-refractivity contribution in [3.63, 3.8) is 0 Å². The van der Waals surface area contributed by atoms with Crippen LogP contribution < -0.4 is 11.1 Å². The molecule has 1 aliphatic rings. The summed E-state index contributed by atoms with van der Waals surface area (Å²) < 4.78 is 7.86. The molecule has 0 saturated carbocycles. The molecule has 142 valence electrons. The van der Waals surface area contributed by atoms with E-state index in [2.05, 4.69) is 19.9 Å². The van der Waals surface area contributed by atoms with E-state index in [-0.39, 0.29) is 17.5 Å². The molecule has 0 aliphatic carbocycles. The highest BCUT2D eigenvalue weighted by molar-refractivity contribution is 6.06. The van der Waals surface area contributed by atoms with Gasteiger partial charge in [0, 0.05) is 5.39 Å². The third kappa shape index (κ3) is 2.86. The lowest BCUT2D eigenvalue weighted by Gasteiger charge is -2.40. The number of hydrogen-bond acceptors (Lipinski definition) is 5. The molecular formula is C19H23N5O3. The van der Waals surface area contributed by atoms with Crippen molar-refractivity contribution in [2.24, 2.45) is 5.41 Å². The minimum Gasteiger partial charge on any atom is -0.465 e. The number of nitrogens with two attached hydrogens (primary N) is 1. The van der Waals surface area contributed by atoms with Gasteiger partial charge in [0.15, 0.2) is 5.82 Å². The van der Waals surface area contributed by atoms with Crippen molar-refractivity contribution < 1.29 is 14.6 Å². The molecular weight excluding hydrogens is 346 g/mol. The first-order valence-corrected chi connectivity index (χ1v) is 8.89. The van der Waals surface area contributed by atoms with E-state index >= 15 is 0 Å². The Bertz CT molecular complexity index is 1040. The molecule has 8 heteroatoms. The summed E-state index contributed by atoms with van der Waals surface area (Å²) in [5.74, 6) is 1.09. The predicted molar refractivity (Wildman–Crippen MR) is 103 cm³/mol. The number of ether oxygens (including phenoxy) is 1. The quantitative estimate of drug-likeness (QED) is 0.640. The molecule has 27 heavy (non-hydrogen) atoms. The Kier molecular flexibility index (Phi) is 3.96. The van der Waals surface area contributed by atoms with Crippen LogP contribution in [0.2, 0.25) is 0 Å². The summed E-state index contributed by atoms with van der Waals surface area (Å²) >= 11 is 0. The third-order valence-electron chi connectivity index (χ3n) is 5.08. The Morgan fingerprint density at radius 3 is 2.81 bits per heavy atom. The fourth-order valence-electron chi connectivity index (χ4n) is 3.94. The number of amides is 1. The summed E-state index contributed by atoms with van der Waals surface area (Å²) in [5, 5.41) is 13.0. The van der Waals surface area contributed by atoms with Crippen LogP contribution >= 0.6 is 0 Å². The number of benzene rings is 1. The van der Waals surface area contributed by atoms with Crippen LogP contribution in [0, 0.1) is 5.41 Å². The van der Waals surface area contributed by atoms with E-state index in [1.54, 1.807) is 0 Å². The molecule has 1 aromatic carbocycles.